The molecule has 0 N–H and O–H groups in total. The maximum Gasteiger partial charge on any atom is 0.344 e. The molecule has 0 aliphatic rings. The molecule has 0 amide bonds. The number of benzene rings is 1. The lowest BCUT2D eigenvalue weighted by molar-refractivity contribution is -0.146. The number of aryl methyl sites for hydroxylation is 1. The minimum Gasteiger partial charge on any atom is -0.463 e. The predicted molar refractivity (Wildman–Crippen MR) is 82.3 cm³/mol. The second kappa shape index (κ2) is 8.37. The normalized spacial score (nSPS) is 10.7. The van der Waals surface area contributed by atoms with Crippen LogP contribution in [0, 0.1) is 11.6 Å². The van der Waals surface area contributed by atoms with Crippen LogP contribution in [0.25, 0.3) is 11.4 Å². The first kappa shape index (κ1) is 17.8. The van der Waals surface area contributed by atoms with Crippen LogP contribution in [-0.4, -0.2) is 33.9 Å². The molecule has 0 spiro atoms. The van der Waals surface area contributed by atoms with Gasteiger partial charge in [-0.2, -0.15) is 4.98 Å². The summed E-state index contributed by atoms with van der Waals surface area (Å²) < 4.78 is 38.2. The van der Waals surface area contributed by atoms with Crippen LogP contribution in [0.1, 0.15) is 26.2 Å². The minimum absolute atomic E-state index is 0.0817. The first-order valence-corrected chi connectivity index (χ1v) is 7.66. The maximum absolute atomic E-state index is 13.8. The van der Waals surface area contributed by atoms with Gasteiger partial charge in [-0.15, -0.1) is 5.10 Å². The Morgan fingerprint density at radius 1 is 1.29 bits per heavy atom. The van der Waals surface area contributed by atoms with Gasteiger partial charge in [-0.05, 0) is 18.6 Å². The van der Waals surface area contributed by atoms with Gasteiger partial charge in [0.05, 0.1) is 12.2 Å². The molecular formula is C16H19F2N3O3. The van der Waals surface area contributed by atoms with Gasteiger partial charge in [0.1, 0.15) is 11.6 Å². The summed E-state index contributed by atoms with van der Waals surface area (Å²) in [6, 6.07) is 3.07. The van der Waals surface area contributed by atoms with E-state index < -0.39 is 17.6 Å². The zero-order valence-corrected chi connectivity index (χ0v) is 13.6. The maximum atomic E-state index is 13.8. The minimum atomic E-state index is -0.757. The quantitative estimate of drug-likeness (QED) is 0.546. The number of hydrogen-bond donors (Lipinski definition) is 0. The first-order valence-electron chi connectivity index (χ1n) is 7.66. The number of carbonyl (C=O) groups excluding carboxylic acids is 1. The Balaban J connectivity index is 1.95. The lowest BCUT2D eigenvalue weighted by Gasteiger charge is -2.03. The van der Waals surface area contributed by atoms with Crippen molar-refractivity contribution in [2.45, 2.75) is 26.2 Å². The summed E-state index contributed by atoms with van der Waals surface area (Å²) in [4.78, 5) is 15.5. The van der Waals surface area contributed by atoms with E-state index in [9.17, 15) is 13.6 Å². The van der Waals surface area contributed by atoms with Gasteiger partial charge < -0.3 is 9.47 Å². The van der Waals surface area contributed by atoms with Crippen LogP contribution in [0.3, 0.4) is 0 Å². The largest absolute Gasteiger partial charge is 0.463 e. The third-order valence-electron chi connectivity index (χ3n) is 3.25. The van der Waals surface area contributed by atoms with Gasteiger partial charge in [-0.1, -0.05) is 19.8 Å². The fourth-order valence-corrected chi connectivity index (χ4v) is 2.03. The predicted octanol–water partition coefficient (Wildman–Crippen LogP) is 2.87. The molecule has 8 heteroatoms. The molecule has 0 saturated heterocycles. The van der Waals surface area contributed by atoms with Crippen molar-refractivity contribution in [2.75, 3.05) is 13.2 Å². The monoisotopic (exact) mass is 339 g/mol. The van der Waals surface area contributed by atoms with Gasteiger partial charge in [0.25, 0.3) is 0 Å². The summed E-state index contributed by atoms with van der Waals surface area (Å²) in [5, 5.41) is 3.95. The molecule has 1 aromatic carbocycles. The third-order valence-corrected chi connectivity index (χ3v) is 3.25. The Bertz CT molecular complexity index is 704. The average molecular weight is 339 g/mol. The Kier molecular flexibility index (Phi) is 6.22. The summed E-state index contributed by atoms with van der Waals surface area (Å²) in [5.74, 6) is -1.79. The van der Waals surface area contributed by atoms with E-state index in [0.29, 0.717) is 6.61 Å². The standard InChI is InChI=1S/C16H19F2N3O3/c1-3-4-5-8-23-14(22)10-24-16-19-15(21(2)20-16)12-7-6-11(17)9-13(12)18/h6-7,9H,3-5,8,10H2,1-2H3. The van der Waals surface area contributed by atoms with E-state index in [1.165, 1.54) is 10.7 Å². The fourth-order valence-electron chi connectivity index (χ4n) is 2.03. The van der Waals surface area contributed by atoms with Crippen LogP contribution in [-0.2, 0) is 16.6 Å². The molecule has 0 aliphatic carbocycles. The summed E-state index contributed by atoms with van der Waals surface area (Å²) in [5.41, 5.74) is 0.0865. The molecule has 2 aromatic rings. The van der Waals surface area contributed by atoms with E-state index in [0.717, 1.165) is 31.4 Å². The van der Waals surface area contributed by atoms with E-state index >= 15 is 0 Å². The molecule has 6 nitrogen and oxygen atoms in total. The van der Waals surface area contributed by atoms with Crippen molar-refractivity contribution in [2.24, 2.45) is 7.05 Å². The van der Waals surface area contributed by atoms with Gasteiger partial charge in [-0.3, -0.25) is 0 Å². The zero-order valence-electron chi connectivity index (χ0n) is 13.6. The lowest BCUT2D eigenvalue weighted by atomic mass is 10.2. The number of carbonyl (C=O) groups is 1. The molecule has 2 rings (SSSR count). The molecule has 0 saturated carbocycles. The smallest absolute Gasteiger partial charge is 0.344 e. The molecule has 0 atom stereocenters. The van der Waals surface area contributed by atoms with E-state index in [1.807, 2.05) is 0 Å². The van der Waals surface area contributed by atoms with Crippen molar-refractivity contribution in [3.05, 3.63) is 29.8 Å². The van der Waals surface area contributed by atoms with Crippen molar-refractivity contribution in [3.8, 4) is 17.4 Å². The summed E-state index contributed by atoms with van der Waals surface area (Å²) in [7, 11) is 1.54. The number of unbranched alkanes of at least 4 members (excludes halogenated alkanes) is 2. The van der Waals surface area contributed by atoms with Gasteiger partial charge >= 0.3 is 12.0 Å². The molecule has 1 aromatic heterocycles. The number of esters is 1. The highest BCUT2D eigenvalue weighted by Gasteiger charge is 2.16. The van der Waals surface area contributed by atoms with Crippen LogP contribution in [0.4, 0.5) is 8.78 Å². The number of nitrogens with zero attached hydrogens (tertiary/aromatic N) is 3. The molecule has 1 heterocycles. The fraction of sp³-hybridized carbons (Fsp3) is 0.438. The van der Waals surface area contributed by atoms with Crippen LogP contribution in [0.15, 0.2) is 18.2 Å². The number of aromatic nitrogens is 3. The molecule has 24 heavy (non-hydrogen) atoms. The molecule has 130 valence electrons. The summed E-state index contributed by atoms with van der Waals surface area (Å²) >= 11 is 0. The molecule has 0 radical (unpaired) electrons. The van der Waals surface area contributed by atoms with Gasteiger partial charge in [-0.25, -0.2) is 18.3 Å². The van der Waals surface area contributed by atoms with Crippen molar-refractivity contribution in [1.29, 1.82) is 0 Å². The van der Waals surface area contributed by atoms with Gasteiger partial charge in [0, 0.05) is 13.1 Å². The molecular weight excluding hydrogens is 320 g/mol. The molecule has 0 bridgehead atoms. The first-order chi connectivity index (χ1) is 11.5. The van der Waals surface area contributed by atoms with Crippen molar-refractivity contribution in [1.82, 2.24) is 14.8 Å². The van der Waals surface area contributed by atoms with E-state index in [1.54, 1.807) is 7.05 Å². The highest BCUT2D eigenvalue weighted by Crippen LogP contribution is 2.22. The highest BCUT2D eigenvalue weighted by molar-refractivity contribution is 5.71. The number of hydrogen-bond acceptors (Lipinski definition) is 5. The Morgan fingerprint density at radius 2 is 2.08 bits per heavy atom. The third kappa shape index (κ3) is 4.74. The average Bonchev–Trinajstić information content (AvgIpc) is 2.90. The van der Waals surface area contributed by atoms with E-state index in [4.69, 9.17) is 9.47 Å². The Morgan fingerprint density at radius 3 is 2.79 bits per heavy atom. The molecule has 0 unspecified atom stereocenters. The molecule has 0 fully saturated rings. The Hall–Kier alpha value is -2.51. The topological polar surface area (TPSA) is 66.2 Å². The summed E-state index contributed by atoms with van der Waals surface area (Å²) in [6.07, 6.45) is 2.83. The Labute approximate surface area is 138 Å². The van der Waals surface area contributed by atoms with E-state index in [-0.39, 0.29) is 24.0 Å². The number of ether oxygens (including phenoxy) is 2. The van der Waals surface area contributed by atoms with Crippen molar-refractivity contribution >= 4 is 5.97 Å². The second-order valence-corrected chi connectivity index (χ2v) is 5.18. The highest BCUT2D eigenvalue weighted by atomic mass is 19.1. The second-order valence-electron chi connectivity index (χ2n) is 5.18. The molecule has 0 aliphatic heterocycles. The van der Waals surface area contributed by atoms with Crippen LogP contribution >= 0.6 is 0 Å². The van der Waals surface area contributed by atoms with Crippen LogP contribution in [0.2, 0.25) is 0 Å². The lowest BCUT2D eigenvalue weighted by Crippen LogP contribution is -2.16. The number of rotatable bonds is 8. The van der Waals surface area contributed by atoms with Crippen LogP contribution < -0.4 is 4.74 Å². The van der Waals surface area contributed by atoms with Crippen LogP contribution in [0.5, 0.6) is 6.01 Å². The SMILES string of the molecule is CCCCCOC(=O)COc1nc(-c2ccc(F)cc2F)n(C)n1. The van der Waals surface area contributed by atoms with E-state index in [2.05, 4.69) is 17.0 Å². The van der Waals surface area contributed by atoms with Crippen molar-refractivity contribution < 1.29 is 23.0 Å². The van der Waals surface area contributed by atoms with Gasteiger partial charge in [0.15, 0.2) is 12.4 Å². The summed E-state index contributed by atoms with van der Waals surface area (Å²) in [6.45, 7) is 2.07. The van der Waals surface area contributed by atoms with Gasteiger partial charge in [0.2, 0.25) is 0 Å². The van der Waals surface area contributed by atoms with Crippen molar-refractivity contribution in [3.63, 3.8) is 0 Å². The number of halogens is 2. The zero-order chi connectivity index (χ0) is 17.5.